The molecule has 1 fully saturated rings. The third-order valence-electron chi connectivity index (χ3n) is 4.36. The Morgan fingerprint density at radius 1 is 1.14 bits per heavy atom. The Kier molecular flexibility index (Phi) is 6.33. The van der Waals surface area contributed by atoms with Crippen molar-refractivity contribution in [2.24, 2.45) is 4.99 Å². The van der Waals surface area contributed by atoms with Crippen molar-refractivity contribution >= 4 is 63.3 Å². The van der Waals surface area contributed by atoms with Crippen LogP contribution in [0.3, 0.4) is 0 Å². The number of aryl methyl sites for hydroxylation is 2. The maximum absolute atomic E-state index is 12.6. The van der Waals surface area contributed by atoms with Gasteiger partial charge in [0.1, 0.15) is 5.25 Å². The number of hydrogen-bond donors (Lipinski definition) is 1. The minimum atomic E-state index is -0.518. The van der Waals surface area contributed by atoms with E-state index < -0.39 is 5.25 Å². The Hall–Kier alpha value is -2.02. The molecule has 0 bridgehead atoms. The topological polar surface area (TPSA) is 61.8 Å². The molecule has 1 aliphatic rings. The standard InChI is InChI=1S/C20H19Cl2N3O2S/c1-11-4-5-14(22)9-16(11)24-20-25(3)19(27)17(28-20)10-18(26)23-15-7-6-13(21)8-12(15)2/h4-9,17H,10H2,1-3H3,(H,23,26). The van der Waals surface area contributed by atoms with Gasteiger partial charge < -0.3 is 5.32 Å². The average molecular weight is 436 g/mol. The number of aliphatic imine (C=N–C) groups is 1. The zero-order chi connectivity index (χ0) is 20.4. The zero-order valence-electron chi connectivity index (χ0n) is 15.6. The SMILES string of the molecule is Cc1ccc(Cl)cc1N=C1SC(CC(=O)Nc2ccc(Cl)cc2C)C(=O)N1C. The second-order valence-corrected chi connectivity index (χ2v) is 8.58. The summed E-state index contributed by atoms with van der Waals surface area (Å²) >= 11 is 13.3. The van der Waals surface area contributed by atoms with Gasteiger partial charge >= 0.3 is 0 Å². The van der Waals surface area contributed by atoms with Crippen molar-refractivity contribution in [3.05, 3.63) is 57.6 Å². The van der Waals surface area contributed by atoms with Crippen LogP contribution in [0.25, 0.3) is 0 Å². The minimum absolute atomic E-state index is 0.0590. The third-order valence-corrected chi connectivity index (χ3v) is 6.06. The lowest BCUT2D eigenvalue weighted by Crippen LogP contribution is -2.30. The first-order valence-electron chi connectivity index (χ1n) is 8.59. The van der Waals surface area contributed by atoms with Crippen LogP contribution in [0.4, 0.5) is 11.4 Å². The lowest BCUT2D eigenvalue weighted by Gasteiger charge is -2.11. The van der Waals surface area contributed by atoms with E-state index in [0.717, 1.165) is 11.1 Å². The first kappa shape index (κ1) is 20.7. The van der Waals surface area contributed by atoms with Crippen LogP contribution in [0, 0.1) is 13.8 Å². The summed E-state index contributed by atoms with van der Waals surface area (Å²) in [4.78, 5) is 31.0. The van der Waals surface area contributed by atoms with E-state index >= 15 is 0 Å². The summed E-state index contributed by atoms with van der Waals surface area (Å²) in [5.41, 5.74) is 3.21. The summed E-state index contributed by atoms with van der Waals surface area (Å²) in [6.45, 7) is 3.79. The highest BCUT2D eigenvalue weighted by Crippen LogP contribution is 2.32. The van der Waals surface area contributed by atoms with Crippen LogP contribution in [-0.2, 0) is 9.59 Å². The molecule has 1 heterocycles. The van der Waals surface area contributed by atoms with Crippen molar-refractivity contribution < 1.29 is 9.59 Å². The summed E-state index contributed by atoms with van der Waals surface area (Å²) in [6, 6.07) is 10.7. The van der Waals surface area contributed by atoms with Crippen molar-refractivity contribution in [3.63, 3.8) is 0 Å². The van der Waals surface area contributed by atoms with Crippen molar-refractivity contribution in [1.82, 2.24) is 4.90 Å². The second kappa shape index (κ2) is 8.55. The molecule has 28 heavy (non-hydrogen) atoms. The predicted octanol–water partition coefficient (Wildman–Crippen LogP) is 5.20. The van der Waals surface area contributed by atoms with Crippen LogP contribution >= 0.6 is 35.0 Å². The molecule has 2 amide bonds. The van der Waals surface area contributed by atoms with Crippen molar-refractivity contribution in [3.8, 4) is 0 Å². The fraction of sp³-hybridized carbons (Fsp3) is 0.250. The van der Waals surface area contributed by atoms with E-state index in [9.17, 15) is 9.59 Å². The highest BCUT2D eigenvalue weighted by atomic mass is 35.5. The highest BCUT2D eigenvalue weighted by molar-refractivity contribution is 8.15. The molecule has 1 unspecified atom stereocenters. The maximum Gasteiger partial charge on any atom is 0.242 e. The fourth-order valence-corrected chi connectivity index (χ4v) is 4.28. The van der Waals surface area contributed by atoms with E-state index in [-0.39, 0.29) is 18.2 Å². The molecule has 1 saturated heterocycles. The monoisotopic (exact) mass is 435 g/mol. The third kappa shape index (κ3) is 4.69. The number of hydrogen-bond acceptors (Lipinski definition) is 4. The molecule has 0 saturated carbocycles. The number of halogens is 2. The van der Waals surface area contributed by atoms with Gasteiger partial charge in [-0.15, -0.1) is 0 Å². The number of carbonyl (C=O) groups is 2. The van der Waals surface area contributed by atoms with E-state index in [2.05, 4.69) is 10.3 Å². The molecule has 8 heteroatoms. The predicted molar refractivity (Wildman–Crippen MR) is 117 cm³/mol. The fourth-order valence-electron chi connectivity index (χ4n) is 2.74. The molecule has 1 N–H and O–H groups in total. The largest absolute Gasteiger partial charge is 0.326 e. The van der Waals surface area contributed by atoms with E-state index in [1.165, 1.54) is 16.7 Å². The lowest BCUT2D eigenvalue weighted by atomic mass is 10.2. The summed E-state index contributed by atoms with van der Waals surface area (Å²) in [7, 11) is 1.66. The molecule has 0 spiro atoms. The molecule has 5 nitrogen and oxygen atoms in total. The van der Waals surface area contributed by atoms with E-state index in [0.29, 0.717) is 26.6 Å². The summed E-state index contributed by atoms with van der Waals surface area (Å²) in [6.07, 6.45) is 0.0590. The molecule has 0 aliphatic carbocycles. The molecule has 3 rings (SSSR count). The number of nitrogens with zero attached hydrogens (tertiary/aromatic N) is 2. The van der Waals surface area contributed by atoms with Gasteiger partial charge in [0, 0.05) is 29.2 Å². The minimum Gasteiger partial charge on any atom is -0.326 e. The normalized spacial score (nSPS) is 18.0. The van der Waals surface area contributed by atoms with Gasteiger partial charge in [0.05, 0.1) is 5.69 Å². The van der Waals surface area contributed by atoms with Crippen molar-refractivity contribution in [1.29, 1.82) is 0 Å². The number of thioether (sulfide) groups is 1. The van der Waals surface area contributed by atoms with Gasteiger partial charge in [0.2, 0.25) is 11.8 Å². The number of amidine groups is 1. The number of benzene rings is 2. The van der Waals surface area contributed by atoms with Gasteiger partial charge in [-0.2, -0.15) is 0 Å². The highest BCUT2D eigenvalue weighted by Gasteiger charge is 2.37. The lowest BCUT2D eigenvalue weighted by molar-refractivity contribution is -0.127. The molecule has 146 valence electrons. The van der Waals surface area contributed by atoms with Gasteiger partial charge in [-0.05, 0) is 55.3 Å². The number of anilines is 1. The van der Waals surface area contributed by atoms with Crippen molar-refractivity contribution in [2.75, 3.05) is 12.4 Å². The quantitative estimate of drug-likeness (QED) is 0.717. The average Bonchev–Trinajstić information content (AvgIpc) is 2.88. The molecule has 2 aromatic rings. The summed E-state index contributed by atoms with van der Waals surface area (Å²) in [5, 5.41) is 4.06. The summed E-state index contributed by atoms with van der Waals surface area (Å²) < 4.78 is 0. The Bertz CT molecular complexity index is 978. The first-order valence-corrected chi connectivity index (χ1v) is 10.2. The molecule has 0 aromatic heterocycles. The van der Waals surface area contributed by atoms with Crippen molar-refractivity contribution in [2.45, 2.75) is 25.5 Å². The Morgan fingerprint density at radius 2 is 1.82 bits per heavy atom. The van der Waals surface area contributed by atoms with Gasteiger partial charge in [-0.1, -0.05) is 41.0 Å². The smallest absolute Gasteiger partial charge is 0.242 e. The van der Waals surface area contributed by atoms with Gasteiger partial charge in [0.15, 0.2) is 5.17 Å². The number of nitrogens with one attached hydrogen (secondary N) is 1. The van der Waals surface area contributed by atoms with Crippen LogP contribution in [-0.4, -0.2) is 34.2 Å². The molecule has 1 atom stereocenters. The number of amides is 2. The van der Waals surface area contributed by atoms with Crippen LogP contribution in [0.5, 0.6) is 0 Å². The van der Waals surface area contributed by atoms with E-state index in [1.807, 2.05) is 19.9 Å². The van der Waals surface area contributed by atoms with Crippen LogP contribution in [0.2, 0.25) is 10.0 Å². The van der Waals surface area contributed by atoms with Crippen LogP contribution in [0.1, 0.15) is 17.5 Å². The van der Waals surface area contributed by atoms with Gasteiger partial charge in [-0.25, -0.2) is 4.99 Å². The Morgan fingerprint density at radius 3 is 2.54 bits per heavy atom. The van der Waals surface area contributed by atoms with E-state index in [4.69, 9.17) is 23.2 Å². The first-order chi connectivity index (χ1) is 13.2. The molecular formula is C20H19Cl2N3O2S. The van der Waals surface area contributed by atoms with Crippen LogP contribution in [0.15, 0.2) is 41.4 Å². The Balaban J connectivity index is 1.71. The molecule has 2 aromatic carbocycles. The maximum atomic E-state index is 12.6. The summed E-state index contributed by atoms with van der Waals surface area (Å²) in [5.74, 6) is -0.378. The van der Waals surface area contributed by atoms with E-state index in [1.54, 1.807) is 37.4 Å². The number of rotatable bonds is 4. The van der Waals surface area contributed by atoms with Gasteiger partial charge in [-0.3, -0.25) is 14.5 Å². The molecular weight excluding hydrogens is 417 g/mol. The zero-order valence-corrected chi connectivity index (χ0v) is 18.0. The molecule has 1 aliphatic heterocycles. The second-order valence-electron chi connectivity index (χ2n) is 6.54. The van der Waals surface area contributed by atoms with Gasteiger partial charge in [0.25, 0.3) is 0 Å². The molecule has 0 radical (unpaired) electrons. The number of carbonyl (C=O) groups excluding carboxylic acids is 2. The van der Waals surface area contributed by atoms with Crippen LogP contribution < -0.4 is 5.32 Å². The Labute approximate surface area is 178 Å².